The Morgan fingerprint density at radius 1 is 0.900 bits per heavy atom. The lowest BCUT2D eigenvalue weighted by atomic mass is 9.83. The van der Waals surface area contributed by atoms with Crippen molar-refractivity contribution in [3.05, 3.63) is 29.8 Å². The number of likely N-dealkylation sites (tertiary alicyclic amines) is 1. The van der Waals surface area contributed by atoms with Gasteiger partial charge in [0, 0.05) is 36.9 Å². The van der Waals surface area contributed by atoms with Gasteiger partial charge in [0.1, 0.15) is 0 Å². The molecule has 4 rings (SSSR count). The molecule has 0 bridgehead atoms. The summed E-state index contributed by atoms with van der Waals surface area (Å²) in [5.74, 6) is 0.971. The summed E-state index contributed by atoms with van der Waals surface area (Å²) >= 11 is 0. The largest absolute Gasteiger partial charge is 0.369 e. The number of carbonyl (C=O) groups is 1. The number of anilines is 1. The number of benzene rings is 1. The van der Waals surface area contributed by atoms with Crippen LogP contribution in [-0.4, -0.2) is 69.5 Å². The van der Waals surface area contributed by atoms with Gasteiger partial charge in [0.2, 0.25) is 0 Å². The van der Waals surface area contributed by atoms with E-state index < -0.39 is 9.84 Å². The van der Waals surface area contributed by atoms with E-state index in [1.165, 1.54) is 51.6 Å². The summed E-state index contributed by atoms with van der Waals surface area (Å²) < 4.78 is 23.3. The Morgan fingerprint density at radius 2 is 1.57 bits per heavy atom. The van der Waals surface area contributed by atoms with Crippen LogP contribution in [-0.2, 0) is 9.84 Å². The van der Waals surface area contributed by atoms with E-state index >= 15 is 0 Å². The Kier molecular flexibility index (Phi) is 6.98. The van der Waals surface area contributed by atoms with Crippen LogP contribution in [0.5, 0.6) is 0 Å². The van der Waals surface area contributed by atoms with Crippen molar-refractivity contribution in [2.45, 2.75) is 51.0 Å². The van der Waals surface area contributed by atoms with E-state index in [0.29, 0.717) is 24.6 Å². The predicted molar refractivity (Wildman–Crippen MR) is 121 cm³/mol. The Hall–Kier alpha value is -1.60. The molecule has 0 unspecified atom stereocenters. The molecule has 2 heterocycles. The second-order valence-corrected chi connectivity index (χ2v) is 11.5. The van der Waals surface area contributed by atoms with Crippen molar-refractivity contribution in [2.24, 2.45) is 5.92 Å². The average Bonchev–Trinajstić information content (AvgIpc) is 2.76. The molecule has 7 heteroatoms. The second-order valence-electron chi connectivity index (χ2n) is 9.17. The first-order valence-corrected chi connectivity index (χ1v) is 13.4. The molecule has 1 aliphatic carbocycles. The standard InChI is InChI=1S/C23H35N3O3S/c27-23(19-8-10-21(11-9-19)26-14-16-30(28,29)17-15-26)24-22-7-3-2-6-20(22)18-25-12-4-1-5-13-25/h8-11,20,22H,1-7,12-18H2,(H,24,27)/t20-,22+/m0/s1. The molecule has 1 aromatic carbocycles. The van der Waals surface area contributed by atoms with Crippen LogP contribution in [0.1, 0.15) is 55.3 Å². The third-order valence-electron chi connectivity index (χ3n) is 7.01. The van der Waals surface area contributed by atoms with Crippen LogP contribution in [0, 0.1) is 5.92 Å². The molecule has 1 aromatic rings. The summed E-state index contributed by atoms with van der Waals surface area (Å²) in [6, 6.07) is 7.89. The number of piperidine rings is 1. The van der Waals surface area contributed by atoms with Gasteiger partial charge in [-0.15, -0.1) is 0 Å². The lowest BCUT2D eigenvalue weighted by Crippen LogP contribution is -2.47. The van der Waals surface area contributed by atoms with Gasteiger partial charge in [-0.3, -0.25) is 4.79 Å². The van der Waals surface area contributed by atoms with Crippen molar-refractivity contribution in [2.75, 3.05) is 49.1 Å². The molecule has 30 heavy (non-hydrogen) atoms. The van der Waals surface area contributed by atoms with Crippen LogP contribution >= 0.6 is 0 Å². The number of sulfone groups is 1. The molecule has 2 saturated heterocycles. The average molecular weight is 434 g/mol. The van der Waals surface area contributed by atoms with E-state index in [0.717, 1.165) is 18.7 Å². The molecule has 3 aliphatic rings. The van der Waals surface area contributed by atoms with E-state index in [-0.39, 0.29) is 23.5 Å². The van der Waals surface area contributed by atoms with Gasteiger partial charge in [-0.05, 0) is 69.0 Å². The lowest BCUT2D eigenvalue weighted by molar-refractivity contribution is 0.0877. The molecule has 1 amide bonds. The molecular weight excluding hydrogens is 398 g/mol. The summed E-state index contributed by atoms with van der Waals surface area (Å²) in [4.78, 5) is 17.6. The molecule has 3 fully saturated rings. The molecule has 0 radical (unpaired) electrons. The number of nitrogens with one attached hydrogen (secondary N) is 1. The van der Waals surface area contributed by atoms with Crippen LogP contribution in [0.3, 0.4) is 0 Å². The number of carbonyl (C=O) groups excluding carboxylic acids is 1. The lowest BCUT2D eigenvalue weighted by Gasteiger charge is -2.37. The molecule has 0 aromatic heterocycles. The normalized spacial score (nSPS) is 27.5. The zero-order valence-electron chi connectivity index (χ0n) is 17.9. The van der Waals surface area contributed by atoms with Gasteiger partial charge in [0.15, 0.2) is 9.84 Å². The number of rotatable bonds is 5. The minimum absolute atomic E-state index is 0.0123. The molecule has 2 aliphatic heterocycles. The monoisotopic (exact) mass is 433 g/mol. The van der Waals surface area contributed by atoms with Gasteiger partial charge in [-0.25, -0.2) is 8.42 Å². The molecule has 1 N–H and O–H groups in total. The minimum atomic E-state index is -2.89. The van der Waals surface area contributed by atoms with Gasteiger partial charge in [0.05, 0.1) is 11.5 Å². The molecule has 1 saturated carbocycles. The maximum atomic E-state index is 12.9. The Labute approximate surface area is 180 Å². The van der Waals surface area contributed by atoms with Gasteiger partial charge in [-0.2, -0.15) is 0 Å². The molecule has 6 nitrogen and oxygen atoms in total. The zero-order chi connectivity index (χ0) is 21.0. The van der Waals surface area contributed by atoms with E-state index in [9.17, 15) is 13.2 Å². The van der Waals surface area contributed by atoms with Gasteiger partial charge in [-0.1, -0.05) is 19.3 Å². The fourth-order valence-corrected chi connectivity index (χ4v) is 6.34. The summed E-state index contributed by atoms with van der Waals surface area (Å²) in [6.07, 6.45) is 8.70. The third-order valence-corrected chi connectivity index (χ3v) is 8.62. The Balaban J connectivity index is 1.34. The highest BCUT2D eigenvalue weighted by molar-refractivity contribution is 7.91. The fourth-order valence-electron chi connectivity index (χ4n) is 5.14. The zero-order valence-corrected chi connectivity index (χ0v) is 18.7. The number of nitrogens with zero attached hydrogens (tertiary/aromatic N) is 2. The summed E-state index contributed by atoms with van der Waals surface area (Å²) in [7, 11) is -2.89. The molecular formula is C23H35N3O3S. The number of amides is 1. The maximum Gasteiger partial charge on any atom is 0.251 e. The number of hydrogen-bond acceptors (Lipinski definition) is 5. The SMILES string of the molecule is O=C(N[C@@H]1CCCC[C@H]1CN1CCCCC1)c1ccc(N2CCS(=O)(=O)CC2)cc1. The van der Waals surface area contributed by atoms with Crippen molar-refractivity contribution in [3.8, 4) is 0 Å². The first-order valence-electron chi connectivity index (χ1n) is 11.6. The Bertz CT molecular complexity index is 805. The van der Waals surface area contributed by atoms with Crippen molar-refractivity contribution in [1.82, 2.24) is 10.2 Å². The number of hydrogen-bond donors (Lipinski definition) is 1. The highest BCUT2D eigenvalue weighted by Crippen LogP contribution is 2.27. The van der Waals surface area contributed by atoms with Crippen LogP contribution in [0.15, 0.2) is 24.3 Å². The van der Waals surface area contributed by atoms with E-state index in [2.05, 4.69) is 15.1 Å². The van der Waals surface area contributed by atoms with E-state index in [1.54, 1.807) is 0 Å². The molecule has 0 spiro atoms. The van der Waals surface area contributed by atoms with Gasteiger partial charge >= 0.3 is 0 Å². The Morgan fingerprint density at radius 3 is 2.27 bits per heavy atom. The first-order chi connectivity index (χ1) is 14.5. The quantitative estimate of drug-likeness (QED) is 0.773. The van der Waals surface area contributed by atoms with Crippen molar-refractivity contribution in [3.63, 3.8) is 0 Å². The van der Waals surface area contributed by atoms with Crippen molar-refractivity contribution >= 4 is 21.4 Å². The highest BCUT2D eigenvalue weighted by atomic mass is 32.2. The molecule has 2 atom stereocenters. The summed E-state index contributed by atoms with van der Waals surface area (Å²) in [5.41, 5.74) is 1.67. The van der Waals surface area contributed by atoms with Crippen LogP contribution in [0.25, 0.3) is 0 Å². The summed E-state index contributed by atoms with van der Waals surface area (Å²) in [6.45, 7) is 4.57. The predicted octanol–water partition coefficient (Wildman–Crippen LogP) is 2.70. The smallest absolute Gasteiger partial charge is 0.251 e. The van der Waals surface area contributed by atoms with Gasteiger partial charge in [0.25, 0.3) is 5.91 Å². The summed E-state index contributed by atoms with van der Waals surface area (Å²) in [5, 5.41) is 3.33. The van der Waals surface area contributed by atoms with E-state index in [4.69, 9.17) is 0 Å². The van der Waals surface area contributed by atoms with Crippen LogP contribution in [0.4, 0.5) is 5.69 Å². The maximum absolute atomic E-state index is 12.9. The first kappa shape index (κ1) is 21.6. The van der Waals surface area contributed by atoms with Crippen LogP contribution < -0.4 is 10.2 Å². The van der Waals surface area contributed by atoms with Crippen LogP contribution in [0.2, 0.25) is 0 Å². The molecule has 166 valence electrons. The van der Waals surface area contributed by atoms with Crippen molar-refractivity contribution < 1.29 is 13.2 Å². The highest BCUT2D eigenvalue weighted by Gasteiger charge is 2.29. The topological polar surface area (TPSA) is 69.7 Å². The van der Waals surface area contributed by atoms with Crippen molar-refractivity contribution in [1.29, 1.82) is 0 Å². The third kappa shape index (κ3) is 5.55. The van der Waals surface area contributed by atoms with E-state index in [1.807, 2.05) is 24.3 Å². The minimum Gasteiger partial charge on any atom is -0.369 e. The van der Waals surface area contributed by atoms with Gasteiger partial charge < -0.3 is 15.1 Å². The second kappa shape index (κ2) is 9.69. The fraction of sp³-hybridized carbons (Fsp3) is 0.696.